The zero-order valence-corrected chi connectivity index (χ0v) is 15.7. The van der Waals surface area contributed by atoms with E-state index < -0.39 is 0 Å². The standard InChI is InChI=1S/C19H32N4O2/c1-16(17-7-5-4-6-8-17)22-19(2,3)15-21-18(24)20-9-10-23-11-13-25-14-12-23/h4-8,16,22H,9-15H2,1-3H3,(H2,20,21,24)/t16-/m1/s1. The van der Waals surface area contributed by atoms with Gasteiger partial charge in [0.2, 0.25) is 0 Å². The van der Waals surface area contributed by atoms with Crippen LogP contribution in [0, 0.1) is 0 Å². The molecule has 1 aromatic carbocycles. The monoisotopic (exact) mass is 348 g/mol. The predicted molar refractivity (Wildman–Crippen MR) is 101 cm³/mol. The van der Waals surface area contributed by atoms with Gasteiger partial charge in [-0.15, -0.1) is 0 Å². The summed E-state index contributed by atoms with van der Waals surface area (Å²) < 4.78 is 5.32. The first kappa shape index (κ1) is 19.7. The van der Waals surface area contributed by atoms with Gasteiger partial charge >= 0.3 is 6.03 Å². The second-order valence-electron chi connectivity index (χ2n) is 7.22. The minimum atomic E-state index is -0.198. The van der Waals surface area contributed by atoms with Gasteiger partial charge < -0.3 is 20.7 Å². The van der Waals surface area contributed by atoms with E-state index in [4.69, 9.17) is 4.74 Å². The summed E-state index contributed by atoms with van der Waals surface area (Å²) in [5.74, 6) is 0. The zero-order valence-electron chi connectivity index (χ0n) is 15.7. The van der Waals surface area contributed by atoms with Crippen molar-refractivity contribution in [3.63, 3.8) is 0 Å². The highest BCUT2D eigenvalue weighted by molar-refractivity contribution is 5.73. The Morgan fingerprint density at radius 1 is 1.20 bits per heavy atom. The smallest absolute Gasteiger partial charge is 0.314 e. The zero-order chi connectivity index (χ0) is 18.1. The second-order valence-corrected chi connectivity index (χ2v) is 7.22. The van der Waals surface area contributed by atoms with Gasteiger partial charge in [0, 0.05) is 44.3 Å². The fourth-order valence-electron chi connectivity index (χ4n) is 2.98. The Morgan fingerprint density at radius 3 is 2.56 bits per heavy atom. The number of ether oxygens (including phenoxy) is 1. The van der Waals surface area contributed by atoms with Crippen LogP contribution in [0.1, 0.15) is 32.4 Å². The molecular weight excluding hydrogens is 316 g/mol. The Hall–Kier alpha value is -1.63. The maximum absolute atomic E-state index is 12.0. The first-order valence-corrected chi connectivity index (χ1v) is 9.11. The number of amides is 2. The summed E-state index contributed by atoms with van der Waals surface area (Å²) in [5, 5.41) is 9.46. The van der Waals surface area contributed by atoms with Gasteiger partial charge in [-0.25, -0.2) is 4.79 Å². The van der Waals surface area contributed by atoms with Gasteiger partial charge in [-0.05, 0) is 26.3 Å². The molecule has 0 aliphatic carbocycles. The third-order valence-electron chi connectivity index (χ3n) is 4.41. The van der Waals surface area contributed by atoms with Crippen molar-refractivity contribution in [2.45, 2.75) is 32.4 Å². The Balaban J connectivity index is 1.65. The van der Waals surface area contributed by atoms with E-state index in [1.807, 2.05) is 18.2 Å². The fraction of sp³-hybridized carbons (Fsp3) is 0.632. The van der Waals surface area contributed by atoms with Crippen LogP contribution in [-0.4, -0.2) is 62.4 Å². The summed E-state index contributed by atoms with van der Waals surface area (Å²) in [5.41, 5.74) is 1.04. The molecule has 140 valence electrons. The van der Waals surface area contributed by atoms with Crippen LogP contribution in [0.5, 0.6) is 0 Å². The number of rotatable bonds is 8. The summed E-state index contributed by atoms with van der Waals surface area (Å²) in [6.45, 7) is 11.9. The highest BCUT2D eigenvalue weighted by Crippen LogP contribution is 2.15. The van der Waals surface area contributed by atoms with Gasteiger partial charge in [0.15, 0.2) is 0 Å². The van der Waals surface area contributed by atoms with Crippen molar-refractivity contribution in [1.82, 2.24) is 20.9 Å². The van der Waals surface area contributed by atoms with Crippen LogP contribution in [0.3, 0.4) is 0 Å². The number of carbonyl (C=O) groups is 1. The molecular formula is C19H32N4O2. The molecule has 0 radical (unpaired) electrons. The number of hydrogen-bond donors (Lipinski definition) is 3. The Morgan fingerprint density at radius 2 is 1.88 bits per heavy atom. The Labute approximate surface area is 151 Å². The molecule has 2 amide bonds. The lowest BCUT2D eigenvalue weighted by molar-refractivity contribution is 0.0387. The highest BCUT2D eigenvalue weighted by Gasteiger charge is 2.21. The molecule has 1 heterocycles. The van der Waals surface area contributed by atoms with Crippen molar-refractivity contribution < 1.29 is 9.53 Å². The molecule has 0 aromatic heterocycles. The number of nitrogens with one attached hydrogen (secondary N) is 3. The van der Waals surface area contributed by atoms with E-state index in [0.717, 1.165) is 32.8 Å². The van der Waals surface area contributed by atoms with Crippen LogP contribution in [-0.2, 0) is 4.74 Å². The third-order valence-corrected chi connectivity index (χ3v) is 4.41. The van der Waals surface area contributed by atoms with Gasteiger partial charge in [-0.3, -0.25) is 4.90 Å². The average Bonchev–Trinajstić information content (AvgIpc) is 2.61. The molecule has 3 N–H and O–H groups in total. The maximum Gasteiger partial charge on any atom is 0.314 e. The predicted octanol–water partition coefficient (Wildman–Crippen LogP) is 1.75. The van der Waals surface area contributed by atoms with E-state index in [-0.39, 0.29) is 17.6 Å². The first-order chi connectivity index (χ1) is 12.0. The number of carbonyl (C=O) groups excluding carboxylic acids is 1. The van der Waals surface area contributed by atoms with E-state index in [9.17, 15) is 4.79 Å². The fourth-order valence-corrected chi connectivity index (χ4v) is 2.98. The largest absolute Gasteiger partial charge is 0.379 e. The van der Waals surface area contributed by atoms with Crippen molar-refractivity contribution in [3.8, 4) is 0 Å². The summed E-state index contributed by atoms with van der Waals surface area (Å²) in [6, 6.07) is 10.4. The van der Waals surface area contributed by atoms with Crippen LogP contribution < -0.4 is 16.0 Å². The molecule has 1 atom stereocenters. The maximum atomic E-state index is 12.0. The van der Waals surface area contributed by atoms with Gasteiger partial charge in [0.05, 0.1) is 13.2 Å². The van der Waals surface area contributed by atoms with Crippen molar-refractivity contribution in [2.75, 3.05) is 45.9 Å². The number of urea groups is 1. The number of nitrogens with zero attached hydrogens (tertiary/aromatic N) is 1. The lowest BCUT2D eigenvalue weighted by atomic mass is 10.0. The van der Waals surface area contributed by atoms with Crippen LogP contribution in [0.15, 0.2) is 30.3 Å². The lowest BCUT2D eigenvalue weighted by Crippen LogP contribution is -2.52. The van der Waals surface area contributed by atoms with Crippen molar-refractivity contribution in [3.05, 3.63) is 35.9 Å². The lowest BCUT2D eigenvalue weighted by Gasteiger charge is -2.31. The molecule has 0 saturated carbocycles. The molecule has 6 nitrogen and oxygen atoms in total. The highest BCUT2D eigenvalue weighted by atomic mass is 16.5. The molecule has 1 aliphatic rings. The summed E-state index contributed by atoms with van der Waals surface area (Å²) >= 11 is 0. The number of benzene rings is 1. The third kappa shape index (κ3) is 7.42. The average molecular weight is 348 g/mol. The van der Waals surface area contributed by atoms with Crippen molar-refractivity contribution in [1.29, 1.82) is 0 Å². The SMILES string of the molecule is C[C@@H](NC(C)(C)CNC(=O)NCCN1CCOCC1)c1ccccc1. The minimum absolute atomic E-state index is 0.115. The molecule has 0 spiro atoms. The van der Waals surface area contributed by atoms with Crippen LogP contribution in [0.25, 0.3) is 0 Å². The van der Waals surface area contributed by atoms with Crippen LogP contribution in [0.4, 0.5) is 4.79 Å². The normalized spacial score (nSPS) is 17.1. The van der Waals surface area contributed by atoms with Crippen molar-refractivity contribution in [2.24, 2.45) is 0 Å². The number of hydrogen-bond acceptors (Lipinski definition) is 4. The Bertz CT molecular complexity index is 515. The van der Waals surface area contributed by atoms with Crippen LogP contribution >= 0.6 is 0 Å². The van der Waals surface area contributed by atoms with E-state index in [1.165, 1.54) is 5.56 Å². The molecule has 1 aromatic rings. The summed E-state index contributed by atoms with van der Waals surface area (Å²) in [6.07, 6.45) is 0. The molecule has 1 aliphatic heterocycles. The van der Waals surface area contributed by atoms with E-state index in [2.05, 4.69) is 53.8 Å². The topological polar surface area (TPSA) is 65.6 Å². The minimum Gasteiger partial charge on any atom is -0.379 e. The molecule has 1 saturated heterocycles. The Kier molecular flexibility index (Phi) is 7.68. The van der Waals surface area contributed by atoms with E-state index in [0.29, 0.717) is 13.1 Å². The molecule has 6 heteroatoms. The molecule has 0 unspecified atom stereocenters. The molecule has 0 bridgehead atoms. The quantitative estimate of drug-likeness (QED) is 0.670. The second kappa shape index (κ2) is 9.75. The first-order valence-electron chi connectivity index (χ1n) is 9.11. The molecule has 2 rings (SSSR count). The summed E-state index contributed by atoms with van der Waals surface area (Å²) in [7, 11) is 0. The van der Waals surface area contributed by atoms with E-state index in [1.54, 1.807) is 0 Å². The molecule has 1 fully saturated rings. The van der Waals surface area contributed by atoms with Crippen molar-refractivity contribution >= 4 is 6.03 Å². The van der Waals surface area contributed by atoms with Gasteiger partial charge in [-0.2, -0.15) is 0 Å². The van der Waals surface area contributed by atoms with Crippen LogP contribution in [0.2, 0.25) is 0 Å². The van der Waals surface area contributed by atoms with E-state index >= 15 is 0 Å². The summed E-state index contributed by atoms with van der Waals surface area (Å²) in [4.78, 5) is 14.3. The molecule has 25 heavy (non-hydrogen) atoms. The van der Waals surface area contributed by atoms with Gasteiger partial charge in [-0.1, -0.05) is 30.3 Å². The van der Waals surface area contributed by atoms with Gasteiger partial charge in [0.25, 0.3) is 0 Å². The number of morpholine rings is 1. The van der Waals surface area contributed by atoms with Gasteiger partial charge in [0.1, 0.15) is 0 Å².